The SMILES string of the molecule is CCOc1ccc(C2CCCN2C(=O)c2sc3nc(C)nc(C)c3c2C)cc1. The molecule has 1 fully saturated rings. The molecule has 1 aromatic carbocycles. The van der Waals surface area contributed by atoms with E-state index in [1.807, 2.05) is 44.7 Å². The van der Waals surface area contributed by atoms with Gasteiger partial charge in [0.1, 0.15) is 16.4 Å². The first-order chi connectivity index (χ1) is 13.5. The summed E-state index contributed by atoms with van der Waals surface area (Å²) in [6.07, 6.45) is 2.01. The third kappa shape index (κ3) is 3.26. The molecule has 3 aromatic rings. The van der Waals surface area contributed by atoms with Gasteiger partial charge in [-0.25, -0.2) is 9.97 Å². The number of nitrogens with zero attached hydrogens (tertiary/aromatic N) is 3. The van der Waals surface area contributed by atoms with Crippen molar-refractivity contribution in [3.8, 4) is 5.75 Å². The lowest BCUT2D eigenvalue weighted by molar-refractivity contribution is 0.0740. The minimum Gasteiger partial charge on any atom is -0.494 e. The van der Waals surface area contributed by atoms with E-state index in [0.717, 1.165) is 57.3 Å². The first-order valence-electron chi connectivity index (χ1n) is 9.77. The number of benzene rings is 1. The van der Waals surface area contributed by atoms with Crippen LogP contribution in [-0.4, -0.2) is 33.9 Å². The number of carbonyl (C=O) groups excluding carboxylic acids is 1. The predicted octanol–water partition coefficient (Wildman–Crippen LogP) is 4.99. The van der Waals surface area contributed by atoms with Crippen molar-refractivity contribution < 1.29 is 9.53 Å². The Labute approximate surface area is 169 Å². The van der Waals surface area contributed by atoms with Gasteiger partial charge < -0.3 is 9.64 Å². The Hall–Kier alpha value is -2.47. The summed E-state index contributed by atoms with van der Waals surface area (Å²) < 4.78 is 5.55. The number of rotatable bonds is 4. The molecule has 1 aliphatic rings. The zero-order valence-electron chi connectivity index (χ0n) is 16.8. The van der Waals surface area contributed by atoms with Crippen LogP contribution in [0.15, 0.2) is 24.3 Å². The van der Waals surface area contributed by atoms with Gasteiger partial charge in [-0.1, -0.05) is 12.1 Å². The lowest BCUT2D eigenvalue weighted by Gasteiger charge is -2.25. The standard InChI is InChI=1S/C22H25N3O2S/c1-5-27-17-10-8-16(9-11-17)18-7-6-12-25(18)22(26)20-13(2)19-14(3)23-15(4)24-21(19)28-20/h8-11,18H,5-7,12H2,1-4H3. The van der Waals surface area contributed by atoms with Crippen molar-refractivity contribution in [2.75, 3.05) is 13.2 Å². The lowest BCUT2D eigenvalue weighted by atomic mass is 10.0. The van der Waals surface area contributed by atoms with Crippen LogP contribution in [0.2, 0.25) is 0 Å². The van der Waals surface area contributed by atoms with Gasteiger partial charge in [0, 0.05) is 17.6 Å². The van der Waals surface area contributed by atoms with E-state index >= 15 is 0 Å². The van der Waals surface area contributed by atoms with E-state index in [0.29, 0.717) is 6.61 Å². The molecule has 28 heavy (non-hydrogen) atoms. The topological polar surface area (TPSA) is 55.3 Å². The van der Waals surface area contributed by atoms with Gasteiger partial charge in [-0.2, -0.15) is 0 Å². The third-order valence-corrected chi connectivity index (χ3v) is 6.54. The largest absolute Gasteiger partial charge is 0.494 e. The summed E-state index contributed by atoms with van der Waals surface area (Å²) in [5.41, 5.74) is 3.11. The van der Waals surface area contributed by atoms with Crippen molar-refractivity contribution in [1.82, 2.24) is 14.9 Å². The summed E-state index contributed by atoms with van der Waals surface area (Å²) in [5, 5.41) is 1.02. The molecule has 4 rings (SSSR count). The van der Waals surface area contributed by atoms with Crippen molar-refractivity contribution in [3.05, 3.63) is 51.8 Å². The van der Waals surface area contributed by atoms with E-state index in [4.69, 9.17) is 4.74 Å². The monoisotopic (exact) mass is 395 g/mol. The second kappa shape index (κ2) is 7.51. The van der Waals surface area contributed by atoms with Crippen LogP contribution in [0.4, 0.5) is 0 Å². The van der Waals surface area contributed by atoms with Gasteiger partial charge in [0.2, 0.25) is 0 Å². The van der Waals surface area contributed by atoms with Gasteiger partial charge in [-0.3, -0.25) is 4.79 Å². The Morgan fingerprint density at radius 3 is 2.68 bits per heavy atom. The van der Waals surface area contributed by atoms with Crippen LogP contribution >= 0.6 is 11.3 Å². The van der Waals surface area contributed by atoms with Gasteiger partial charge in [0.25, 0.3) is 5.91 Å². The number of hydrogen-bond donors (Lipinski definition) is 0. The van der Waals surface area contributed by atoms with E-state index in [1.165, 1.54) is 16.9 Å². The number of ether oxygens (including phenoxy) is 1. The van der Waals surface area contributed by atoms with Crippen molar-refractivity contribution in [1.29, 1.82) is 0 Å². The van der Waals surface area contributed by atoms with Crippen LogP contribution in [0, 0.1) is 20.8 Å². The number of likely N-dealkylation sites (tertiary alicyclic amines) is 1. The minimum atomic E-state index is 0.105. The van der Waals surface area contributed by atoms with Gasteiger partial charge in [0.05, 0.1) is 17.5 Å². The molecule has 6 heteroatoms. The Morgan fingerprint density at radius 2 is 1.96 bits per heavy atom. The molecule has 1 unspecified atom stereocenters. The fourth-order valence-corrected chi connectivity index (χ4v) is 5.35. The molecular formula is C22H25N3O2S. The van der Waals surface area contributed by atoms with E-state index in [9.17, 15) is 4.79 Å². The first-order valence-corrected chi connectivity index (χ1v) is 10.6. The summed E-state index contributed by atoms with van der Waals surface area (Å²) in [4.78, 5) is 26.2. The smallest absolute Gasteiger partial charge is 0.264 e. The third-order valence-electron chi connectivity index (χ3n) is 5.37. The molecule has 5 nitrogen and oxygen atoms in total. The quantitative estimate of drug-likeness (QED) is 0.624. The van der Waals surface area contributed by atoms with Crippen LogP contribution in [-0.2, 0) is 0 Å². The molecule has 1 amide bonds. The maximum Gasteiger partial charge on any atom is 0.264 e. The summed E-state index contributed by atoms with van der Waals surface area (Å²) in [5.74, 6) is 1.72. The Bertz CT molecular complexity index is 1030. The maximum absolute atomic E-state index is 13.5. The highest BCUT2D eigenvalue weighted by Gasteiger charge is 2.32. The lowest BCUT2D eigenvalue weighted by Crippen LogP contribution is -2.30. The first kappa shape index (κ1) is 18.9. The average molecular weight is 396 g/mol. The number of thiophene rings is 1. The van der Waals surface area contributed by atoms with Gasteiger partial charge >= 0.3 is 0 Å². The number of carbonyl (C=O) groups is 1. The maximum atomic E-state index is 13.5. The number of fused-ring (bicyclic) bond motifs is 1. The molecule has 0 spiro atoms. The summed E-state index contributed by atoms with van der Waals surface area (Å²) in [6, 6.07) is 8.26. The van der Waals surface area contributed by atoms with Gasteiger partial charge in [-0.15, -0.1) is 11.3 Å². The molecule has 2 aromatic heterocycles. The second-order valence-corrected chi connectivity index (χ2v) is 8.25. The second-order valence-electron chi connectivity index (χ2n) is 7.25. The summed E-state index contributed by atoms with van der Waals surface area (Å²) in [6.45, 7) is 9.31. The molecular weight excluding hydrogens is 370 g/mol. The molecule has 146 valence electrons. The number of hydrogen-bond acceptors (Lipinski definition) is 5. The molecule has 1 atom stereocenters. The normalized spacial score (nSPS) is 16.7. The molecule has 0 bridgehead atoms. The summed E-state index contributed by atoms with van der Waals surface area (Å²) in [7, 11) is 0. The Morgan fingerprint density at radius 1 is 1.21 bits per heavy atom. The Balaban J connectivity index is 1.66. The fraction of sp³-hybridized carbons (Fsp3) is 0.409. The Kier molecular flexibility index (Phi) is 5.06. The van der Waals surface area contributed by atoms with Crippen LogP contribution in [0.1, 0.15) is 58.1 Å². The average Bonchev–Trinajstić information content (AvgIpc) is 3.27. The van der Waals surface area contributed by atoms with E-state index in [2.05, 4.69) is 22.1 Å². The number of amides is 1. The van der Waals surface area contributed by atoms with Crippen LogP contribution in [0.5, 0.6) is 5.75 Å². The van der Waals surface area contributed by atoms with Crippen molar-refractivity contribution >= 4 is 27.5 Å². The molecule has 3 heterocycles. The fourth-order valence-electron chi connectivity index (χ4n) is 4.12. The molecule has 1 saturated heterocycles. The van der Waals surface area contributed by atoms with E-state index < -0.39 is 0 Å². The zero-order valence-corrected chi connectivity index (χ0v) is 17.6. The number of aryl methyl sites for hydroxylation is 3. The van der Waals surface area contributed by atoms with Crippen molar-refractivity contribution in [2.24, 2.45) is 0 Å². The molecule has 0 N–H and O–H groups in total. The van der Waals surface area contributed by atoms with Gasteiger partial charge in [0.15, 0.2) is 0 Å². The zero-order chi connectivity index (χ0) is 19.8. The van der Waals surface area contributed by atoms with Crippen molar-refractivity contribution in [2.45, 2.75) is 46.6 Å². The molecule has 0 saturated carbocycles. The van der Waals surface area contributed by atoms with E-state index in [1.54, 1.807) is 0 Å². The predicted molar refractivity (Wildman–Crippen MR) is 112 cm³/mol. The van der Waals surface area contributed by atoms with Crippen molar-refractivity contribution in [3.63, 3.8) is 0 Å². The van der Waals surface area contributed by atoms with Crippen LogP contribution in [0.25, 0.3) is 10.2 Å². The van der Waals surface area contributed by atoms with Gasteiger partial charge in [-0.05, 0) is 63.8 Å². The van der Waals surface area contributed by atoms with Crippen LogP contribution < -0.4 is 4.74 Å². The van der Waals surface area contributed by atoms with Crippen LogP contribution in [0.3, 0.4) is 0 Å². The number of aromatic nitrogens is 2. The molecule has 1 aliphatic heterocycles. The highest BCUT2D eigenvalue weighted by atomic mass is 32.1. The minimum absolute atomic E-state index is 0.105. The highest BCUT2D eigenvalue weighted by molar-refractivity contribution is 7.20. The molecule has 0 radical (unpaired) electrons. The summed E-state index contributed by atoms with van der Waals surface area (Å²) >= 11 is 1.49. The van der Waals surface area contributed by atoms with E-state index in [-0.39, 0.29) is 11.9 Å². The molecule has 0 aliphatic carbocycles. The highest BCUT2D eigenvalue weighted by Crippen LogP contribution is 2.38.